The molecular weight excluding hydrogens is 524 g/mol. The normalized spacial score (nSPS) is 10.8. The van der Waals surface area contributed by atoms with Gasteiger partial charge in [0, 0.05) is 34.9 Å². The summed E-state index contributed by atoms with van der Waals surface area (Å²) in [5.41, 5.74) is 2.91. The molecule has 0 fully saturated rings. The molecule has 0 aliphatic carbocycles. The van der Waals surface area contributed by atoms with E-state index in [1.807, 2.05) is 65.2 Å². The predicted molar refractivity (Wildman–Crippen MR) is 140 cm³/mol. The molecule has 36 heavy (non-hydrogen) atoms. The molecular formula is C27H19BrN4O4. The number of anilines is 1. The van der Waals surface area contributed by atoms with Gasteiger partial charge in [-0.2, -0.15) is 0 Å². The molecule has 178 valence electrons. The van der Waals surface area contributed by atoms with Gasteiger partial charge in [-0.1, -0.05) is 48.5 Å². The minimum atomic E-state index is -0.698. The maximum Gasteiger partial charge on any atom is 0.343 e. The highest BCUT2D eigenvalue weighted by atomic mass is 79.9. The average molecular weight is 543 g/mol. The number of esters is 1. The van der Waals surface area contributed by atoms with Crippen molar-refractivity contribution in [2.45, 2.75) is 6.54 Å². The highest BCUT2D eigenvalue weighted by molar-refractivity contribution is 9.10. The van der Waals surface area contributed by atoms with Gasteiger partial charge in [-0.05, 0) is 51.8 Å². The van der Waals surface area contributed by atoms with Crippen LogP contribution in [-0.2, 0) is 6.54 Å². The molecule has 2 heterocycles. The van der Waals surface area contributed by atoms with Gasteiger partial charge >= 0.3 is 5.97 Å². The highest BCUT2D eigenvalue weighted by Crippen LogP contribution is 2.36. The van der Waals surface area contributed by atoms with Crippen molar-refractivity contribution >= 4 is 39.1 Å². The number of imidazole rings is 1. The first-order valence-corrected chi connectivity index (χ1v) is 11.8. The van der Waals surface area contributed by atoms with E-state index in [1.165, 1.54) is 24.3 Å². The van der Waals surface area contributed by atoms with Crippen LogP contribution in [0, 0.1) is 10.1 Å². The van der Waals surface area contributed by atoms with Gasteiger partial charge in [-0.15, -0.1) is 0 Å². The lowest BCUT2D eigenvalue weighted by molar-refractivity contribution is -0.384. The summed E-state index contributed by atoms with van der Waals surface area (Å²) >= 11 is 3.52. The topological polar surface area (TPSA) is 98.8 Å². The SMILES string of the molecule is O=C(Oc1ccccc1-c1nc2ccc(Br)cn2c1NCc1ccccc1)c1cccc([N+](=O)[O-])c1. The summed E-state index contributed by atoms with van der Waals surface area (Å²) in [5, 5.41) is 14.6. The Morgan fingerprint density at radius 2 is 1.78 bits per heavy atom. The number of nitro groups is 1. The van der Waals surface area contributed by atoms with Crippen LogP contribution in [0.4, 0.5) is 11.5 Å². The smallest absolute Gasteiger partial charge is 0.343 e. The molecule has 1 N–H and O–H groups in total. The summed E-state index contributed by atoms with van der Waals surface area (Å²) < 4.78 is 8.52. The lowest BCUT2D eigenvalue weighted by Gasteiger charge is -2.12. The van der Waals surface area contributed by atoms with E-state index in [4.69, 9.17) is 9.72 Å². The van der Waals surface area contributed by atoms with Crippen LogP contribution in [0.15, 0.2) is 102 Å². The van der Waals surface area contributed by atoms with Gasteiger partial charge in [0.25, 0.3) is 5.69 Å². The number of nitrogens with one attached hydrogen (secondary N) is 1. The third kappa shape index (κ3) is 4.82. The standard InChI is InChI=1S/C27H19BrN4O4/c28-20-13-14-24-30-25(26(31(24)17-20)29-16-18-7-2-1-3-8-18)22-11-4-5-12-23(22)36-27(33)19-9-6-10-21(15-19)32(34)35/h1-15,17,29H,16H2. The van der Waals surface area contributed by atoms with Gasteiger partial charge in [-0.25, -0.2) is 9.78 Å². The molecule has 0 aliphatic heterocycles. The number of pyridine rings is 1. The largest absolute Gasteiger partial charge is 0.422 e. The molecule has 0 aliphatic rings. The van der Waals surface area contributed by atoms with E-state index in [0.29, 0.717) is 29.2 Å². The summed E-state index contributed by atoms with van der Waals surface area (Å²) in [5.74, 6) is 0.324. The van der Waals surface area contributed by atoms with E-state index in [2.05, 4.69) is 21.2 Å². The van der Waals surface area contributed by atoms with Crippen molar-refractivity contribution in [1.82, 2.24) is 9.38 Å². The summed E-state index contributed by atoms with van der Waals surface area (Å²) in [4.78, 5) is 28.3. The fourth-order valence-electron chi connectivity index (χ4n) is 3.81. The Hall–Kier alpha value is -4.50. The van der Waals surface area contributed by atoms with Gasteiger partial charge in [0.1, 0.15) is 22.9 Å². The molecule has 0 atom stereocenters. The van der Waals surface area contributed by atoms with Gasteiger partial charge < -0.3 is 10.1 Å². The van der Waals surface area contributed by atoms with Crippen LogP contribution in [0.3, 0.4) is 0 Å². The molecule has 3 aromatic carbocycles. The summed E-state index contributed by atoms with van der Waals surface area (Å²) in [6, 6.07) is 26.3. The minimum Gasteiger partial charge on any atom is -0.422 e. The van der Waals surface area contributed by atoms with E-state index >= 15 is 0 Å². The van der Waals surface area contributed by atoms with Crippen molar-refractivity contribution in [3.05, 3.63) is 123 Å². The van der Waals surface area contributed by atoms with Gasteiger partial charge in [0.15, 0.2) is 0 Å². The number of carbonyl (C=O) groups excluding carboxylic acids is 1. The van der Waals surface area contributed by atoms with Gasteiger partial charge in [0.2, 0.25) is 0 Å². The number of rotatable bonds is 7. The Morgan fingerprint density at radius 1 is 1.00 bits per heavy atom. The number of non-ortho nitro benzene ring substituents is 1. The second kappa shape index (κ2) is 10.0. The third-order valence-corrected chi connectivity index (χ3v) is 5.99. The molecule has 0 spiro atoms. The molecule has 0 unspecified atom stereocenters. The zero-order valence-corrected chi connectivity index (χ0v) is 20.4. The number of benzene rings is 3. The first kappa shape index (κ1) is 23.3. The maximum absolute atomic E-state index is 12.9. The minimum absolute atomic E-state index is 0.0837. The molecule has 0 bridgehead atoms. The molecule has 0 saturated carbocycles. The molecule has 9 heteroatoms. The third-order valence-electron chi connectivity index (χ3n) is 5.52. The van der Waals surface area contributed by atoms with Crippen molar-refractivity contribution in [2.24, 2.45) is 0 Å². The first-order valence-electron chi connectivity index (χ1n) is 11.0. The molecule has 5 aromatic rings. The van der Waals surface area contributed by atoms with Crippen molar-refractivity contribution in [2.75, 3.05) is 5.32 Å². The summed E-state index contributed by atoms with van der Waals surface area (Å²) in [6.07, 6.45) is 1.91. The lowest BCUT2D eigenvalue weighted by Crippen LogP contribution is -2.10. The first-order chi connectivity index (χ1) is 17.5. The quantitative estimate of drug-likeness (QED) is 0.109. The molecule has 0 saturated heterocycles. The molecule has 0 radical (unpaired) electrons. The number of fused-ring (bicyclic) bond motifs is 1. The Bertz CT molecular complexity index is 1580. The zero-order chi connectivity index (χ0) is 25.1. The fraction of sp³-hybridized carbons (Fsp3) is 0.0370. The van der Waals surface area contributed by atoms with Crippen molar-refractivity contribution in [3.63, 3.8) is 0 Å². The number of hydrogen-bond donors (Lipinski definition) is 1. The number of carbonyl (C=O) groups is 1. The Labute approximate surface area is 214 Å². The fourth-order valence-corrected chi connectivity index (χ4v) is 4.15. The number of halogens is 1. The number of ether oxygens (including phenoxy) is 1. The van der Waals surface area contributed by atoms with Crippen LogP contribution in [0.2, 0.25) is 0 Å². The monoisotopic (exact) mass is 542 g/mol. The van der Waals surface area contributed by atoms with E-state index in [0.717, 1.165) is 15.9 Å². The van der Waals surface area contributed by atoms with Crippen LogP contribution in [0.1, 0.15) is 15.9 Å². The van der Waals surface area contributed by atoms with Crippen LogP contribution in [-0.4, -0.2) is 20.3 Å². The molecule has 2 aromatic heterocycles. The van der Waals surface area contributed by atoms with E-state index in [1.54, 1.807) is 12.1 Å². The Kier molecular flexibility index (Phi) is 6.46. The lowest BCUT2D eigenvalue weighted by atomic mass is 10.1. The number of nitro benzene ring substituents is 1. The van der Waals surface area contributed by atoms with Crippen LogP contribution in [0.5, 0.6) is 5.75 Å². The van der Waals surface area contributed by atoms with Crippen LogP contribution >= 0.6 is 15.9 Å². The molecule has 8 nitrogen and oxygen atoms in total. The van der Waals surface area contributed by atoms with Crippen LogP contribution in [0.25, 0.3) is 16.9 Å². The second-order valence-electron chi connectivity index (χ2n) is 7.92. The number of para-hydroxylation sites is 1. The van der Waals surface area contributed by atoms with E-state index in [-0.39, 0.29) is 11.3 Å². The molecule has 0 amide bonds. The number of hydrogen-bond acceptors (Lipinski definition) is 6. The van der Waals surface area contributed by atoms with Gasteiger partial charge in [0.05, 0.1) is 10.5 Å². The van der Waals surface area contributed by atoms with Gasteiger partial charge in [-0.3, -0.25) is 14.5 Å². The Balaban J connectivity index is 1.54. The maximum atomic E-state index is 12.9. The van der Waals surface area contributed by atoms with Crippen molar-refractivity contribution < 1.29 is 14.5 Å². The molecule has 5 rings (SSSR count). The zero-order valence-electron chi connectivity index (χ0n) is 18.8. The average Bonchev–Trinajstić information content (AvgIpc) is 3.25. The van der Waals surface area contributed by atoms with Crippen molar-refractivity contribution in [3.8, 4) is 17.0 Å². The predicted octanol–water partition coefficient (Wildman–Crippen LogP) is 6.50. The summed E-state index contributed by atoms with van der Waals surface area (Å²) in [6.45, 7) is 0.559. The van der Waals surface area contributed by atoms with E-state index < -0.39 is 10.9 Å². The number of aromatic nitrogens is 2. The highest BCUT2D eigenvalue weighted by Gasteiger charge is 2.20. The summed E-state index contributed by atoms with van der Waals surface area (Å²) in [7, 11) is 0. The van der Waals surface area contributed by atoms with Crippen LogP contribution < -0.4 is 10.1 Å². The Morgan fingerprint density at radius 3 is 2.58 bits per heavy atom. The van der Waals surface area contributed by atoms with E-state index in [9.17, 15) is 14.9 Å². The number of nitrogens with zero attached hydrogens (tertiary/aromatic N) is 3. The van der Waals surface area contributed by atoms with Crippen molar-refractivity contribution in [1.29, 1.82) is 0 Å². The second-order valence-corrected chi connectivity index (χ2v) is 8.83.